The summed E-state index contributed by atoms with van der Waals surface area (Å²) in [5, 5.41) is 108. The van der Waals surface area contributed by atoms with Crippen LogP contribution < -0.4 is 0 Å². The summed E-state index contributed by atoms with van der Waals surface area (Å²) in [6.07, 6.45) is 0.180. The third-order valence-electron chi connectivity index (χ3n) is 9.49. The molecule has 0 fully saturated rings. The third kappa shape index (κ3) is 4.49. The van der Waals surface area contributed by atoms with Crippen LogP contribution in [0.4, 0.5) is 0 Å². The van der Waals surface area contributed by atoms with Crippen molar-refractivity contribution in [2.75, 3.05) is 0 Å². The fourth-order valence-electron chi connectivity index (χ4n) is 7.99. The van der Waals surface area contributed by atoms with Crippen LogP contribution in [0.3, 0.4) is 0 Å². The fourth-order valence-corrected chi connectivity index (χ4v) is 7.99. The first-order valence-electron chi connectivity index (χ1n) is 14.6. The first kappa shape index (κ1) is 28.8. The van der Waals surface area contributed by atoms with Crippen LogP contribution in [0.2, 0.25) is 0 Å². The van der Waals surface area contributed by atoms with Gasteiger partial charge in [0.2, 0.25) is 0 Å². The first-order chi connectivity index (χ1) is 21.9. The fraction of sp³-hybridized carbons (Fsp3) is 0.167. The maximum atomic E-state index is 11.6. The number of hydrogen-bond acceptors (Lipinski definition) is 10. The number of benzene rings is 5. The van der Waals surface area contributed by atoms with E-state index in [1.54, 1.807) is 6.07 Å². The van der Waals surface area contributed by atoms with Gasteiger partial charge in [0.1, 0.15) is 57.5 Å². The molecule has 10 nitrogen and oxygen atoms in total. The smallest absolute Gasteiger partial charge is 0.123 e. The lowest BCUT2D eigenvalue weighted by atomic mass is 9.51. The summed E-state index contributed by atoms with van der Waals surface area (Å²) >= 11 is 0. The van der Waals surface area contributed by atoms with Gasteiger partial charge in [-0.25, -0.2) is 0 Å². The molecule has 7 rings (SSSR count). The quantitative estimate of drug-likeness (QED) is 0.116. The zero-order chi connectivity index (χ0) is 32.6. The Balaban J connectivity index is 1.65. The Hall–Kier alpha value is -5.90. The van der Waals surface area contributed by atoms with E-state index >= 15 is 0 Å². The molecule has 5 atom stereocenters. The van der Waals surface area contributed by atoms with E-state index < -0.39 is 29.6 Å². The third-order valence-corrected chi connectivity index (χ3v) is 9.49. The number of phenols is 10. The van der Waals surface area contributed by atoms with E-state index in [1.165, 1.54) is 60.7 Å². The molecule has 0 saturated carbocycles. The number of aromatic hydroxyl groups is 10. The van der Waals surface area contributed by atoms with Crippen molar-refractivity contribution >= 4 is 0 Å². The molecule has 0 radical (unpaired) electrons. The van der Waals surface area contributed by atoms with Gasteiger partial charge in [-0.05, 0) is 76.9 Å². The van der Waals surface area contributed by atoms with Crippen LogP contribution in [0.15, 0.2) is 78.9 Å². The minimum absolute atomic E-state index is 0.167. The second-order valence-corrected chi connectivity index (χ2v) is 12.1. The van der Waals surface area contributed by atoms with Gasteiger partial charge in [-0.2, -0.15) is 0 Å². The van der Waals surface area contributed by atoms with E-state index in [4.69, 9.17) is 0 Å². The van der Waals surface area contributed by atoms with Gasteiger partial charge in [0.05, 0.1) is 0 Å². The van der Waals surface area contributed by atoms with Gasteiger partial charge in [-0.15, -0.1) is 0 Å². The molecule has 0 saturated heterocycles. The first-order valence-corrected chi connectivity index (χ1v) is 14.6. The topological polar surface area (TPSA) is 202 Å². The second-order valence-electron chi connectivity index (χ2n) is 12.1. The Labute approximate surface area is 262 Å². The molecule has 2 aliphatic rings. The molecule has 5 aromatic rings. The zero-order valence-electron chi connectivity index (χ0n) is 24.1. The van der Waals surface area contributed by atoms with Crippen molar-refractivity contribution in [1.82, 2.24) is 0 Å². The van der Waals surface area contributed by atoms with Gasteiger partial charge < -0.3 is 51.1 Å². The van der Waals surface area contributed by atoms with E-state index in [9.17, 15) is 51.1 Å². The van der Waals surface area contributed by atoms with Crippen LogP contribution >= 0.6 is 0 Å². The van der Waals surface area contributed by atoms with E-state index in [-0.39, 0.29) is 69.5 Å². The average Bonchev–Trinajstić information content (AvgIpc) is 2.95. The largest absolute Gasteiger partial charge is 0.508 e. The van der Waals surface area contributed by atoms with Crippen LogP contribution in [0.5, 0.6) is 57.5 Å². The van der Waals surface area contributed by atoms with Crippen molar-refractivity contribution in [3.8, 4) is 57.5 Å². The molecular weight excluding hydrogens is 592 g/mol. The standard InChI is InChI=1S/C36H30O10/c37-17-1-3-23(27(43)11-17)25-8-16-7-21(41)13-29(45)31(16)36-32(15-5-19(39)9-20(40)6-15)35(24-4-2-18(38)12-28(24)44)34-26(33(25)36)10-22(42)14-30(34)46/h1-7,9-14,25,32-33,35-46H,8H2/t25-,32+,33-,35-,36+/m1/s1. The Morgan fingerprint density at radius 1 is 0.391 bits per heavy atom. The Kier molecular flexibility index (Phi) is 6.48. The highest BCUT2D eigenvalue weighted by Gasteiger charge is 2.53. The van der Waals surface area contributed by atoms with Gasteiger partial charge in [0.25, 0.3) is 0 Å². The minimum atomic E-state index is -0.952. The molecule has 0 amide bonds. The number of phenolic OH excluding ortho intramolecular Hbond substituents is 10. The summed E-state index contributed by atoms with van der Waals surface area (Å²) in [5.74, 6) is -6.39. The van der Waals surface area contributed by atoms with E-state index in [0.717, 1.165) is 12.1 Å². The molecule has 234 valence electrons. The van der Waals surface area contributed by atoms with Gasteiger partial charge >= 0.3 is 0 Å². The number of rotatable bonds is 3. The molecule has 0 spiro atoms. The zero-order valence-corrected chi connectivity index (χ0v) is 24.1. The second kappa shape index (κ2) is 10.3. The molecule has 46 heavy (non-hydrogen) atoms. The van der Waals surface area contributed by atoms with E-state index in [2.05, 4.69) is 0 Å². The molecule has 0 unspecified atom stereocenters. The molecular formula is C36H30O10. The highest BCUT2D eigenvalue weighted by atomic mass is 16.3. The highest BCUT2D eigenvalue weighted by Crippen LogP contribution is 2.68. The van der Waals surface area contributed by atoms with Crippen molar-refractivity contribution in [3.05, 3.63) is 118 Å². The van der Waals surface area contributed by atoms with Crippen LogP contribution in [0, 0.1) is 0 Å². The van der Waals surface area contributed by atoms with Crippen LogP contribution in [0.25, 0.3) is 0 Å². The van der Waals surface area contributed by atoms with Crippen LogP contribution in [-0.4, -0.2) is 51.1 Å². The van der Waals surface area contributed by atoms with Crippen molar-refractivity contribution < 1.29 is 51.1 Å². The van der Waals surface area contributed by atoms with Gasteiger partial charge in [0, 0.05) is 64.8 Å². The summed E-state index contributed by atoms with van der Waals surface area (Å²) in [6, 6.07) is 17.6. The minimum Gasteiger partial charge on any atom is -0.508 e. The van der Waals surface area contributed by atoms with Gasteiger partial charge in [0.15, 0.2) is 0 Å². The van der Waals surface area contributed by atoms with Gasteiger partial charge in [-0.1, -0.05) is 12.1 Å². The van der Waals surface area contributed by atoms with E-state index in [1.807, 2.05) is 0 Å². The van der Waals surface area contributed by atoms with Crippen molar-refractivity contribution in [2.45, 2.75) is 36.0 Å². The summed E-state index contributed by atoms with van der Waals surface area (Å²) in [6.45, 7) is 0. The molecule has 5 aromatic carbocycles. The van der Waals surface area contributed by atoms with Gasteiger partial charge in [-0.3, -0.25) is 0 Å². The van der Waals surface area contributed by atoms with Crippen molar-refractivity contribution in [3.63, 3.8) is 0 Å². The lowest BCUT2D eigenvalue weighted by Crippen LogP contribution is -2.38. The lowest BCUT2D eigenvalue weighted by Gasteiger charge is -2.51. The molecule has 0 aromatic heterocycles. The lowest BCUT2D eigenvalue weighted by molar-refractivity contribution is 0.299. The molecule has 2 aliphatic carbocycles. The maximum absolute atomic E-state index is 11.6. The predicted molar refractivity (Wildman–Crippen MR) is 165 cm³/mol. The van der Waals surface area contributed by atoms with Crippen LogP contribution in [0.1, 0.15) is 68.5 Å². The van der Waals surface area contributed by atoms with Crippen LogP contribution in [-0.2, 0) is 6.42 Å². The maximum Gasteiger partial charge on any atom is 0.123 e. The SMILES string of the molecule is Oc1cc(O)cc([C@H]2[C@@H](c3ccc(O)cc3O)c3c(O)cc(O)cc3[C@@H]3[C@H]2c2c(O)cc(O)cc2C[C@@H]3c2ccc(O)cc2O)c1. The summed E-state index contributed by atoms with van der Waals surface area (Å²) < 4.78 is 0. The van der Waals surface area contributed by atoms with Crippen molar-refractivity contribution in [1.29, 1.82) is 0 Å². The summed E-state index contributed by atoms with van der Waals surface area (Å²) in [4.78, 5) is 0. The summed E-state index contributed by atoms with van der Waals surface area (Å²) in [7, 11) is 0. The van der Waals surface area contributed by atoms with Crippen molar-refractivity contribution in [2.24, 2.45) is 0 Å². The highest BCUT2D eigenvalue weighted by molar-refractivity contribution is 5.65. The Morgan fingerprint density at radius 3 is 1.52 bits per heavy atom. The molecule has 10 N–H and O–H groups in total. The monoisotopic (exact) mass is 622 g/mol. The Bertz CT molecular complexity index is 2020. The molecule has 0 aliphatic heterocycles. The number of fused-ring (bicyclic) bond motifs is 5. The van der Waals surface area contributed by atoms with E-state index in [0.29, 0.717) is 33.4 Å². The molecule has 0 heterocycles. The summed E-state index contributed by atoms with van der Waals surface area (Å²) in [5.41, 5.74) is 2.75. The Morgan fingerprint density at radius 2 is 0.913 bits per heavy atom. The molecule has 10 heteroatoms. The predicted octanol–water partition coefficient (Wildman–Crippen LogP) is 5.88. The molecule has 0 bridgehead atoms. The number of hydrogen-bond donors (Lipinski definition) is 10. The normalized spacial score (nSPS) is 21.6. The average molecular weight is 623 g/mol.